The summed E-state index contributed by atoms with van der Waals surface area (Å²) in [5, 5.41) is 9.04. The number of thioether (sulfide) groups is 1. The molecule has 0 bridgehead atoms. The SMILES string of the molecule is CC(C)(C)c1ccc2c(c1)C1(c3ccccc3-c3ccc(N(c4ccc(-c5ccccc5)cc4)c4ccccc4-c4cccc5c4oc4c6ccccc6cc(-c6ccc7c(c6)C6C=C(N(c8ccc(-c9ccccc9)cc8)c8ccccc8-c8cccc9c8oc8c%10ccccc%10ccc98)C=CC6S7)c54)cc31)c1cc(C(C)(C)C)ccc1-2. The average Bonchev–Trinajstić information content (AvgIpc) is 1.50. The zero-order valence-electron chi connectivity index (χ0n) is 66.6. The molecule has 2 unspecified atom stereocenters. The number of nitrogens with zero attached hydrogens (tertiary/aromatic N) is 2. The van der Waals surface area contributed by atoms with Crippen LogP contribution in [0, 0.1) is 0 Å². The first-order valence-electron chi connectivity index (χ1n) is 41.3. The van der Waals surface area contributed by atoms with Gasteiger partial charge in [-0.15, -0.1) is 11.8 Å². The molecule has 118 heavy (non-hydrogen) atoms. The number of rotatable bonds is 11. The maximum absolute atomic E-state index is 7.70. The number of furan rings is 2. The molecule has 23 rings (SSSR count). The largest absolute Gasteiger partial charge is 0.455 e. The van der Waals surface area contributed by atoms with Gasteiger partial charge in [0.2, 0.25) is 0 Å². The number of benzene rings is 17. The summed E-state index contributed by atoms with van der Waals surface area (Å²) in [7, 11) is 0. The van der Waals surface area contributed by atoms with Gasteiger partial charge in [0, 0.05) is 93.4 Å². The van der Waals surface area contributed by atoms with Crippen molar-refractivity contribution >= 4 is 106 Å². The van der Waals surface area contributed by atoms with E-state index in [-0.39, 0.29) is 22.0 Å². The average molecular weight is 1530 g/mol. The van der Waals surface area contributed by atoms with Gasteiger partial charge in [0.15, 0.2) is 0 Å². The lowest BCUT2D eigenvalue weighted by Crippen LogP contribution is -2.27. The molecular weight excluding hydrogens is 1450 g/mol. The molecule has 0 saturated carbocycles. The van der Waals surface area contributed by atoms with Gasteiger partial charge < -0.3 is 18.6 Å². The third-order valence-corrected chi connectivity index (χ3v) is 27.1. The second kappa shape index (κ2) is 26.7. The Kier molecular flexibility index (Phi) is 15.8. The molecule has 4 nitrogen and oxygen atoms in total. The molecule has 2 aromatic heterocycles. The number of para-hydroxylation sites is 4. The van der Waals surface area contributed by atoms with Gasteiger partial charge in [0.05, 0.1) is 16.8 Å². The number of hydrogen-bond acceptors (Lipinski definition) is 5. The van der Waals surface area contributed by atoms with Crippen molar-refractivity contribution in [2.45, 2.75) is 73.9 Å². The summed E-state index contributed by atoms with van der Waals surface area (Å²) in [6.07, 6.45) is 7.34. The number of hydrogen-bond donors (Lipinski definition) is 0. The Morgan fingerprint density at radius 1 is 0.305 bits per heavy atom. The molecule has 0 N–H and O–H groups in total. The Labute approximate surface area is 692 Å². The Balaban J connectivity index is 0.676. The Morgan fingerprint density at radius 2 is 0.771 bits per heavy atom. The summed E-state index contributed by atoms with van der Waals surface area (Å²) in [6.45, 7) is 14.1. The predicted octanol–water partition coefficient (Wildman–Crippen LogP) is 31.4. The lowest BCUT2D eigenvalue weighted by Gasteiger charge is -2.34. The molecule has 17 aromatic carbocycles. The van der Waals surface area contributed by atoms with E-state index in [4.69, 9.17) is 8.83 Å². The molecule has 1 spiro atoms. The van der Waals surface area contributed by atoms with Crippen LogP contribution in [-0.4, -0.2) is 5.25 Å². The fraction of sp³-hybridized carbons (Fsp3) is 0.0973. The summed E-state index contributed by atoms with van der Waals surface area (Å²) >= 11 is 1.96. The van der Waals surface area contributed by atoms with Crippen molar-refractivity contribution in [1.29, 1.82) is 0 Å². The van der Waals surface area contributed by atoms with Gasteiger partial charge in [-0.3, -0.25) is 0 Å². The van der Waals surface area contributed by atoms with Crippen molar-refractivity contribution in [3.05, 3.63) is 421 Å². The van der Waals surface area contributed by atoms with Crippen molar-refractivity contribution in [3.63, 3.8) is 0 Å². The molecule has 562 valence electrons. The quantitative estimate of drug-likeness (QED) is 0.129. The van der Waals surface area contributed by atoms with Crippen LogP contribution in [-0.2, 0) is 16.2 Å². The van der Waals surface area contributed by atoms with Gasteiger partial charge in [-0.2, -0.15) is 0 Å². The van der Waals surface area contributed by atoms with Crippen LogP contribution in [0.4, 0.5) is 28.4 Å². The summed E-state index contributed by atoms with van der Waals surface area (Å²) in [6, 6.07) is 134. The highest BCUT2D eigenvalue weighted by molar-refractivity contribution is 8.00. The summed E-state index contributed by atoms with van der Waals surface area (Å²) in [5.74, 6) is 0.0573. The van der Waals surface area contributed by atoms with E-state index in [1.54, 1.807) is 0 Å². The fourth-order valence-electron chi connectivity index (χ4n) is 20.0. The van der Waals surface area contributed by atoms with Crippen molar-refractivity contribution in [1.82, 2.24) is 0 Å². The van der Waals surface area contributed by atoms with Gasteiger partial charge in [-0.05, 0) is 195 Å². The van der Waals surface area contributed by atoms with Gasteiger partial charge in [0.1, 0.15) is 22.3 Å². The minimum atomic E-state index is -0.611. The van der Waals surface area contributed by atoms with E-state index in [2.05, 4.69) is 427 Å². The zero-order chi connectivity index (χ0) is 78.9. The van der Waals surface area contributed by atoms with Crippen LogP contribution in [0.1, 0.15) is 86.4 Å². The summed E-state index contributed by atoms with van der Waals surface area (Å²) in [5.41, 5.74) is 34.7. The molecule has 0 fully saturated rings. The first kappa shape index (κ1) is 69.8. The monoisotopic (exact) mass is 1530 g/mol. The number of allylic oxidation sites excluding steroid dienone is 2. The Bertz CT molecular complexity index is 7370. The van der Waals surface area contributed by atoms with Crippen molar-refractivity contribution in [3.8, 4) is 77.9 Å². The van der Waals surface area contributed by atoms with Crippen LogP contribution in [0.15, 0.2) is 396 Å². The molecule has 4 aliphatic rings. The van der Waals surface area contributed by atoms with Crippen LogP contribution in [0.5, 0.6) is 0 Å². The second-order valence-electron chi connectivity index (χ2n) is 34.5. The van der Waals surface area contributed by atoms with Gasteiger partial charge in [0.25, 0.3) is 0 Å². The lowest BCUT2D eigenvalue weighted by molar-refractivity contribution is 0.586. The smallest absolute Gasteiger partial charge is 0.143 e. The molecule has 3 aliphatic carbocycles. The van der Waals surface area contributed by atoms with E-state index in [0.29, 0.717) is 0 Å². The van der Waals surface area contributed by atoms with Gasteiger partial charge >= 0.3 is 0 Å². The lowest BCUT2D eigenvalue weighted by atomic mass is 9.68. The highest BCUT2D eigenvalue weighted by atomic mass is 32.2. The van der Waals surface area contributed by atoms with Crippen molar-refractivity contribution in [2.75, 3.05) is 9.80 Å². The van der Waals surface area contributed by atoms with E-state index in [1.807, 2.05) is 11.8 Å². The maximum atomic E-state index is 7.70. The normalized spacial score (nSPS) is 14.9. The number of fused-ring (bicyclic) bond motifs is 23. The standard InChI is InChI=1S/C113H82N2O2S/c1-111(2,3)76-49-58-85-86-59-50-77(112(4,5)6)66-100(86)113(99(85)65-76)98-40-20-17-33-84(98)87-60-55-81(68-101(87)113)115(79-53-45-72(46-54-79)70-27-11-8-12-28-70)103-42-22-19-35-89(103)91-37-24-39-94-106-95(63-74-30-14-16-32-83(74)110(106)117-109(91)94)75-48-61-104-96(64-75)97-67-80(56-62-105(97)118-104)114(78-51-43-71(44-52-78)69-25-9-7-10-26-69)102-41-21-18-34-88(102)90-36-23-38-92-93-57-47-73-29-13-15-31-82(73)107(93)116-108(90)92/h7-68,97,105H,1-6H3. The van der Waals surface area contributed by atoms with E-state index in [1.165, 1.54) is 82.8 Å². The van der Waals surface area contributed by atoms with Crippen LogP contribution in [0.2, 0.25) is 0 Å². The first-order chi connectivity index (χ1) is 57.8. The molecule has 3 heterocycles. The van der Waals surface area contributed by atoms with E-state index < -0.39 is 5.41 Å². The molecule has 2 atom stereocenters. The van der Waals surface area contributed by atoms with E-state index in [0.717, 1.165) is 139 Å². The molecule has 19 aromatic rings. The van der Waals surface area contributed by atoms with E-state index in [9.17, 15) is 0 Å². The fourth-order valence-corrected chi connectivity index (χ4v) is 21.3. The van der Waals surface area contributed by atoms with Crippen LogP contribution < -0.4 is 9.80 Å². The minimum Gasteiger partial charge on any atom is -0.455 e. The first-order valence-corrected chi connectivity index (χ1v) is 42.2. The van der Waals surface area contributed by atoms with Crippen LogP contribution >= 0.6 is 11.8 Å². The number of anilines is 5. The molecule has 0 radical (unpaired) electrons. The molecule has 5 heteroatoms. The highest BCUT2D eigenvalue weighted by Crippen LogP contribution is 2.65. The molecule has 0 saturated heterocycles. The van der Waals surface area contributed by atoms with Crippen molar-refractivity contribution in [2.24, 2.45) is 0 Å². The third kappa shape index (κ3) is 10.8. The van der Waals surface area contributed by atoms with E-state index >= 15 is 0 Å². The minimum absolute atomic E-state index is 0.0573. The second-order valence-corrected chi connectivity index (χ2v) is 35.7. The predicted molar refractivity (Wildman–Crippen MR) is 496 cm³/mol. The van der Waals surface area contributed by atoms with Gasteiger partial charge in [-0.25, -0.2) is 0 Å². The Hall–Kier alpha value is -13.7. The molecule has 0 amide bonds. The summed E-state index contributed by atoms with van der Waals surface area (Å²) in [4.78, 5) is 6.28. The van der Waals surface area contributed by atoms with Crippen LogP contribution in [0.3, 0.4) is 0 Å². The highest BCUT2D eigenvalue weighted by Gasteiger charge is 2.53. The third-order valence-electron chi connectivity index (χ3n) is 25.7. The molecular formula is C113H82N2O2S. The van der Waals surface area contributed by atoms with Crippen LogP contribution in [0.25, 0.3) is 143 Å². The zero-order valence-corrected chi connectivity index (χ0v) is 67.4. The molecule has 1 aliphatic heterocycles. The Morgan fingerprint density at radius 3 is 1.42 bits per heavy atom. The van der Waals surface area contributed by atoms with Crippen molar-refractivity contribution < 1.29 is 8.83 Å². The topological polar surface area (TPSA) is 32.8 Å². The summed E-state index contributed by atoms with van der Waals surface area (Å²) < 4.78 is 14.8. The maximum Gasteiger partial charge on any atom is 0.143 e. The van der Waals surface area contributed by atoms with Gasteiger partial charge in [-0.1, -0.05) is 339 Å².